The first-order valence-electron chi connectivity index (χ1n) is 7.31. The average molecular weight is 350 g/mol. The molecule has 0 bridgehead atoms. The predicted molar refractivity (Wildman–Crippen MR) is 89.4 cm³/mol. The van der Waals surface area contributed by atoms with E-state index in [-0.39, 0.29) is 29.0 Å². The van der Waals surface area contributed by atoms with Gasteiger partial charge in [0, 0.05) is 11.6 Å². The van der Waals surface area contributed by atoms with E-state index in [4.69, 9.17) is 11.6 Å². The summed E-state index contributed by atoms with van der Waals surface area (Å²) in [7, 11) is -3.42. The Hall–Kier alpha value is -1.85. The van der Waals surface area contributed by atoms with Crippen molar-refractivity contribution in [2.24, 2.45) is 0 Å². The Kier molecular flexibility index (Phi) is 4.41. The highest BCUT2D eigenvalue weighted by molar-refractivity contribution is 7.91. The lowest BCUT2D eigenvalue weighted by Gasteiger charge is -2.28. The molecule has 23 heavy (non-hydrogen) atoms. The Morgan fingerprint density at radius 3 is 2.52 bits per heavy atom. The molecule has 0 aromatic heterocycles. The molecule has 6 heteroatoms. The maximum Gasteiger partial charge on any atom is 0.227 e. The van der Waals surface area contributed by atoms with Crippen LogP contribution in [0.5, 0.6) is 0 Å². The monoisotopic (exact) mass is 349 g/mol. The minimum Gasteiger partial charge on any atom is -0.355 e. The Balaban J connectivity index is 1.55. The third-order valence-corrected chi connectivity index (χ3v) is 6.00. The van der Waals surface area contributed by atoms with Crippen LogP contribution in [-0.2, 0) is 21.1 Å². The molecular formula is C17H16ClNO3S. The second-order valence-electron chi connectivity index (χ2n) is 5.52. The van der Waals surface area contributed by atoms with Crippen molar-refractivity contribution in [1.82, 2.24) is 5.32 Å². The normalized spacial score (nSPS) is 16.3. The number of amides is 1. The number of fused-ring (bicyclic) bond motifs is 1. The van der Waals surface area contributed by atoms with Crippen LogP contribution in [0.4, 0.5) is 0 Å². The van der Waals surface area contributed by atoms with Crippen molar-refractivity contribution in [2.75, 3.05) is 12.3 Å². The van der Waals surface area contributed by atoms with Gasteiger partial charge in [-0.3, -0.25) is 4.79 Å². The topological polar surface area (TPSA) is 63.2 Å². The molecule has 3 rings (SSSR count). The molecular weight excluding hydrogens is 334 g/mol. The van der Waals surface area contributed by atoms with Gasteiger partial charge in [0.25, 0.3) is 0 Å². The average Bonchev–Trinajstić information content (AvgIpc) is 2.49. The second-order valence-corrected chi connectivity index (χ2v) is 8.06. The molecule has 0 spiro atoms. The summed E-state index contributed by atoms with van der Waals surface area (Å²) in [5.74, 6) is -0.409. The van der Waals surface area contributed by atoms with Crippen LogP contribution in [-0.4, -0.2) is 26.6 Å². The van der Waals surface area contributed by atoms with E-state index in [1.807, 2.05) is 24.3 Å². The van der Waals surface area contributed by atoms with Crippen LogP contribution in [0.15, 0.2) is 53.4 Å². The van der Waals surface area contributed by atoms with E-state index in [1.54, 1.807) is 0 Å². The highest BCUT2D eigenvalue weighted by atomic mass is 35.5. The lowest BCUT2D eigenvalue weighted by molar-refractivity contribution is -0.122. The van der Waals surface area contributed by atoms with Gasteiger partial charge in [-0.15, -0.1) is 0 Å². The first kappa shape index (κ1) is 16.0. The zero-order chi connectivity index (χ0) is 16.4. The molecule has 0 radical (unpaired) electrons. The third-order valence-electron chi connectivity index (χ3n) is 4.01. The molecule has 4 nitrogen and oxygen atoms in total. The van der Waals surface area contributed by atoms with Gasteiger partial charge in [0.15, 0.2) is 9.84 Å². The van der Waals surface area contributed by atoms with Crippen LogP contribution >= 0.6 is 11.6 Å². The SMILES string of the molecule is O=C(NCCS(=O)(=O)c1ccc(Cl)cc1)[C@H]1Cc2ccccc21. The molecule has 0 saturated carbocycles. The van der Waals surface area contributed by atoms with Crippen molar-refractivity contribution in [3.63, 3.8) is 0 Å². The number of nitrogens with one attached hydrogen (secondary N) is 1. The van der Waals surface area contributed by atoms with Crippen LogP contribution in [0.1, 0.15) is 17.0 Å². The fourth-order valence-corrected chi connectivity index (χ4v) is 3.97. The van der Waals surface area contributed by atoms with Crippen LogP contribution in [0.2, 0.25) is 5.02 Å². The summed E-state index contributed by atoms with van der Waals surface area (Å²) >= 11 is 5.75. The van der Waals surface area contributed by atoms with Crippen molar-refractivity contribution in [1.29, 1.82) is 0 Å². The van der Waals surface area contributed by atoms with Crippen molar-refractivity contribution < 1.29 is 13.2 Å². The molecule has 0 fully saturated rings. The standard InChI is InChI=1S/C17H16ClNO3S/c18-13-5-7-14(8-6-13)23(21,22)10-9-19-17(20)16-11-12-3-1-2-4-15(12)16/h1-8,16H,9-11H2,(H,19,20)/t16-/m0/s1. The number of halogens is 1. The van der Waals surface area contributed by atoms with Gasteiger partial charge in [-0.25, -0.2) is 8.42 Å². The Morgan fingerprint density at radius 2 is 1.83 bits per heavy atom. The summed E-state index contributed by atoms with van der Waals surface area (Å²) in [5, 5.41) is 3.21. The molecule has 0 unspecified atom stereocenters. The van der Waals surface area contributed by atoms with Gasteiger partial charge < -0.3 is 5.32 Å². The van der Waals surface area contributed by atoms with E-state index in [2.05, 4.69) is 5.32 Å². The maximum atomic E-state index is 12.2. The molecule has 1 aliphatic rings. The Labute approximate surface area is 140 Å². The summed E-state index contributed by atoms with van der Waals surface area (Å²) in [6.07, 6.45) is 0.714. The maximum absolute atomic E-state index is 12.2. The van der Waals surface area contributed by atoms with Gasteiger partial charge in [-0.2, -0.15) is 0 Å². The lowest BCUT2D eigenvalue weighted by Crippen LogP contribution is -2.37. The zero-order valence-electron chi connectivity index (χ0n) is 12.3. The van der Waals surface area contributed by atoms with Crippen molar-refractivity contribution in [3.05, 3.63) is 64.7 Å². The highest BCUT2D eigenvalue weighted by Crippen LogP contribution is 2.34. The minimum atomic E-state index is -3.42. The van der Waals surface area contributed by atoms with Gasteiger partial charge in [0.1, 0.15) is 0 Å². The van der Waals surface area contributed by atoms with Crippen LogP contribution in [0.3, 0.4) is 0 Å². The van der Waals surface area contributed by atoms with E-state index < -0.39 is 9.84 Å². The van der Waals surface area contributed by atoms with Gasteiger partial charge in [0.05, 0.1) is 16.6 Å². The number of carbonyl (C=O) groups is 1. The first-order valence-corrected chi connectivity index (χ1v) is 9.34. The minimum absolute atomic E-state index is 0.0997. The summed E-state index contributed by atoms with van der Waals surface area (Å²) in [5.41, 5.74) is 2.21. The molecule has 1 aliphatic carbocycles. The molecule has 2 aromatic rings. The summed E-state index contributed by atoms with van der Waals surface area (Å²) in [6, 6.07) is 13.8. The zero-order valence-corrected chi connectivity index (χ0v) is 13.9. The molecule has 120 valence electrons. The summed E-state index contributed by atoms with van der Waals surface area (Å²) in [4.78, 5) is 12.3. The quantitative estimate of drug-likeness (QED) is 0.902. The van der Waals surface area contributed by atoms with E-state index in [0.717, 1.165) is 5.56 Å². The lowest BCUT2D eigenvalue weighted by atomic mass is 9.77. The van der Waals surface area contributed by atoms with Crippen LogP contribution in [0.25, 0.3) is 0 Å². The van der Waals surface area contributed by atoms with Gasteiger partial charge in [-0.05, 0) is 41.8 Å². The van der Waals surface area contributed by atoms with Crippen molar-refractivity contribution >= 4 is 27.3 Å². The fraction of sp³-hybridized carbons (Fsp3) is 0.235. The second kappa shape index (κ2) is 6.34. The smallest absolute Gasteiger partial charge is 0.227 e. The number of carbonyl (C=O) groups excluding carboxylic acids is 1. The number of sulfone groups is 1. The molecule has 1 N–H and O–H groups in total. The molecule has 0 aliphatic heterocycles. The molecule has 1 amide bonds. The number of hydrogen-bond acceptors (Lipinski definition) is 3. The Morgan fingerprint density at radius 1 is 1.13 bits per heavy atom. The van der Waals surface area contributed by atoms with E-state index in [0.29, 0.717) is 11.4 Å². The van der Waals surface area contributed by atoms with Crippen molar-refractivity contribution in [3.8, 4) is 0 Å². The number of hydrogen-bond donors (Lipinski definition) is 1. The largest absolute Gasteiger partial charge is 0.355 e. The third kappa shape index (κ3) is 3.41. The molecule has 0 heterocycles. The summed E-state index contributed by atoms with van der Waals surface area (Å²) in [6.45, 7) is 0.0997. The van der Waals surface area contributed by atoms with Gasteiger partial charge >= 0.3 is 0 Å². The van der Waals surface area contributed by atoms with Crippen LogP contribution in [0, 0.1) is 0 Å². The number of rotatable bonds is 5. The van der Waals surface area contributed by atoms with Gasteiger partial charge in [0.2, 0.25) is 5.91 Å². The molecule has 0 saturated heterocycles. The molecule has 1 atom stereocenters. The summed E-state index contributed by atoms with van der Waals surface area (Å²) < 4.78 is 24.4. The molecule has 2 aromatic carbocycles. The van der Waals surface area contributed by atoms with E-state index >= 15 is 0 Å². The fourth-order valence-electron chi connectivity index (χ4n) is 2.68. The first-order chi connectivity index (χ1) is 11.0. The van der Waals surface area contributed by atoms with Gasteiger partial charge in [-0.1, -0.05) is 35.9 Å². The van der Waals surface area contributed by atoms with Crippen LogP contribution < -0.4 is 5.32 Å². The van der Waals surface area contributed by atoms with E-state index in [9.17, 15) is 13.2 Å². The highest BCUT2D eigenvalue weighted by Gasteiger charge is 2.31. The Bertz CT molecular complexity index is 831. The van der Waals surface area contributed by atoms with E-state index in [1.165, 1.54) is 29.8 Å². The predicted octanol–water partition coefficient (Wildman–Crippen LogP) is 2.57. The number of benzene rings is 2. The van der Waals surface area contributed by atoms with Crippen molar-refractivity contribution in [2.45, 2.75) is 17.2 Å².